The minimum atomic E-state index is -4.83. The molecule has 0 saturated heterocycles. The van der Waals surface area contributed by atoms with Crippen molar-refractivity contribution in [1.82, 2.24) is 0 Å². The molecule has 0 radical (unpaired) electrons. The van der Waals surface area contributed by atoms with Gasteiger partial charge in [0, 0.05) is 0 Å². The minimum Gasteiger partial charge on any atom is -0.206 e. The fourth-order valence-corrected chi connectivity index (χ4v) is 1.26. The van der Waals surface area contributed by atoms with Crippen molar-refractivity contribution in [3.05, 3.63) is 34.6 Å². The molecule has 0 aliphatic heterocycles. The fraction of sp³-hybridized carbons (Fsp3) is 0.300. The van der Waals surface area contributed by atoms with Gasteiger partial charge in [-0.25, -0.2) is 4.39 Å². The average Bonchev–Trinajstić information content (AvgIpc) is 2.15. The van der Waals surface area contributed by atoms with Crippen molar-refractivity contribution < 1.29 is 17.6 Å². The summed E-state index contributed by atoms with van der Waals surface area (Å²) in [6.07, 6.45) is -4.68. The largest absolute Gasteiger partial charge is 0.420 e. The maximum atomic E-state index is 13.3. The Morgan fingerprint density at radius 3 is 2.33 bits per heavy atom. The fourth-order valence-electron chi connectivity index (χ4n) is 1.26. The molecule has 0 amide bonds. The number of halogens is 4. The van der Waals surface area contributed by atoms with Crippen LogP contribution in [0.5, 0.6) is 0 Å². The van der Waals surface area contributed by atoms with Crippen LogP contribution in [0.2, 0.25) is 0 Å². The Hall–Kier alpha value is -1.57. The van der Waals surface area contributed by atoms with Gasteiger partial charge in [-0.05, 0) is 18.1 Å². The lowest BCUT2D eigenvalue weighted by Gasteiger charge is -2.11. The molecule has 1 aromatic rings. The van der Waals surface area contributed by atoms with Gasteiger partial charge >= 0.3 is 6.18 Å². The molecule has 1 rings (SSSR count). The summed E-state index contributed by atoms with van der Waals surface area (Å²) in [5, 5.41) is 8.45. The molecule has 15 heavy (non-hydrogen) atoms. The van der Waals surface area contributed by atoms with Gasteiger partial charge in [-0.1, -0.05) is 13.0 Å². The number of hydrogen-bond acceptors (Lipinski definition) is 1. The SMILES string of the molecule is CCc1ccc(C#N)c(C(F)(F)F)c1F. The predicted octanol–water partition coefficient (Wildman–Crippen LogP) is 3.28. The van der Waals surface area contributed by atoms with Gasteiger partial charge < -0.3 is 0 Å². The van der Waals surface area contributed by atoms with E-state index in [0.717, 1.165) is 6.07 Å². The average molecular weight is 217 g/mol. The molecule has 5 heteroatoms. The first-order valence-corrected chi connectivity index (χ1v) is 4.20. The second-order valence-corrected chi connectivity index (χ2v) is 2.92. The zero-order chi connectivity index (χ0) is 11.6. The second-order valence-electron chi connectivity index (χ2n) is 2.92. The van der Waals surface area contributed by atoms with Crippen LogP contribution in [0, 0.1) is 17.1 Å². The Bertz CT molecular complexity index is 415. The molecule has 0 heterocycles. The highest BCUT2D eigenvalue weighted by atomic mass is 19.4. The van der Waals surface area contributed by atoms with Crippen LogP contribution in [0.4, 0.5) is 17.6 Å². The first kappa shape index (κ1) is 11.5. The summed E-state index contributed by atoms with van der Waals surface area (Å²) in [7, 11) is 0. The lowest BCUT2D eigenvalue weighted by atomic mass is 10.0. The molecule has 80 valence electrons. The zero-order valence-corrected chi connectivity index (χ0v) is 7.82. The molecule has 0 aliphatic carbocycles. The Morgan fingerprint density at radius 1 is 1.33 bits per heavy atom. The summed E-state index contributed by atoms with van der Waals surface area (Å²) in [4.78, 5) is 0. The summed E-state index contributed by atoms with van der Waals surface area (Å²) in [6.45, 7) is 1.55. The minimum absolute atomic E-state index is 0.0404. The molecule has 0 N–H and O–H groups in total. The molecule has 1 nitrogen and oxygen atoms in total. The summed E-state index contributed by atoms with van der Waals surface area (Å²) >= 11 is 0. The number of hydrogen-bond donors (Lipinski definition) is 0. The third-order valence-corrected chi connectivity index (χ3v) is 2.01. The Balaban J connectivity index is 3.52. The van der Waals surface area contributed by atoms with Gasteiger partial charge in [-0.2, -0.15) is 18.4 Å². The molecule has 0 atom stereocenters. The van der Waals surface area contributed by atoms with Crippen LogP contribution in [0.15, 0.2) is 12.1 Å². The van der Waals surface area contributed by atoms with E-state index in [-0.39, 0.29) is 12.0 Å². The third-order valence-electron chi connectivity index (χ3n) is 2.01. The smallest absolute Gasteiger partial charge is 0.206 e. The number of benzene rings is 1. The van der Waals surface area contributed by atoms with E-state index in [4.69, 9.17) is 5.26 Å². The van der Waals surface area contributed by atoms with Gasteiger partial charge in [0.2, 0.25) is 0 Å². The summed E-state index contributed by atoms with van der Waals surface area (Å²) in [5.74, 6) is -1.34. The van der Waals surface area contributed by atoms with Crippen molar-refractivity contribution in [2.75, 3.05) is 0 Å². The zero-order valence-electron chi connectivity index (χ0n) is 7.82. The Kier molecular flexibility index (Phi) is 2.98. The third kappa shape index (κ3) is 2.09. The van der Waals surface area contributed by atoms with Crippen LogP contribution < -0.4 is 0 Å². The second kappa shape index (κ2) is 3.89. The van der Waals surface area contributed by atoms with Gasteiger partial charge in [-0.3, -0.25) is 0 Å². The normalized spacial score (nSPS) is 11.2. The van der Waals surface area contributed by atoms with E-state index >= 15 is 0 Å². The number of nitriles is 1. The lowest BCUT2D eigenvalue weighted by molar-refractivity contribution is -0.140. The number of alkyl halides is 3. The Morgan fingerprint density at radius 2 is 1.93 bits per heavy atom. The molecule has 0 aliphatic rings. The molecule has 0 aromatic heterocycles. The van der Waals surface area contributed by atoms with Crippen LogP contribution in [-0.4, -0.2) is 0 Å². The molecule has 0 bridgehead atoms. The highest BCUT2D eigenvalue weighted by Crippen LogP contribution is 2.35. The van der Waals surface area contributed by atoms with Crippen molar-refractivity contribution >= 4 is 0 Å². The van der Waals surface area contributed by atoms with Crippen LogP contribution in [0.1, 0.15) is 23.6 Å². The van der Waals surface area contributed by atoms with Crippen molar-refractivity contribution in [2.45, 2.75) is 19.5 Å². The maximum Gasteiger partial charge on any atom is 0.420 e. The molecular weight excluding hydrogens is 210 g/mol. The molecule has 0 unspecified atom stereocenters. The lowest BCUT2D eigenvalue weighted by Crippen LogP contribution is -2.12. The van der Waals surface area contributed by atoms with Gasteiger partial charge in [0.15, 0.2) is 0 Å². The highest BCUT2D eigenvalue weighted by Gasteiger charge is 2.37. The number of nitrogens with zero attached hydrogens (tertiary/aromatic N) is 1. The summed E-state index contributed by atoms with van der Waals surface area (Å²) in [6, 6.07) is 3.52. The maximum absolute atomic E-state index is 13.3. The first-order valence-electron chi connectivity index (χ1n) is 4.20. The number of rotatable bonds is 1. The summed E-state index contributed by atoms with van der Waals surface area (Å²) < 4.78 is 50.6. The van der Waals surface area contributed by atoms with E-state index in [1.807, 2.05) is 0 Å². The molecule has 0 saturated carbocycles. The van der Waals surface area contributed by atoms with E-state index < -0.39 is 23.1 Å². The van der Waals surface area contributed by atoms with Gasteiger partial charge in [0.25, 0.3) is 0 Å². The van der Waals surface area contributed by atoms with Gasteiger partial charge in [0.1, 0.15) is 11.4 Å². The predicted molar refractivity (Wildman–Crippen MR) is 45.5 cm³/mol. The monoisotopic (exact) mass is 217 g/mol. The first-order chi connectivity index (χ1) is 6.91. The van der Waals surface area contributed by atoms with Crippen molar-refractivity contribution in [3.63, 3.8) is 0 Å². The van der Waals surface area contributed by atoms with Gasteiger partial charge in [0.05, 0.1) is 11.6 Å². The quantitative estimate of drug-likeness (QED) is 0.662. The van der Waals surface area contributed by atoms with Crippen LogP contribution in [0.3, 0.4) is 0 Å². The van der Waals surface area contributed by atoms with E-state index in [0.29, 0.717) is 0 Å². The Labute approximate surface area is 83.9 Å². The van der Waals surface area contributed by atoms with E-state index in [1.165, 1.54) is 12.1 Å². The van der Waals surface area contributed by atoms with E-state index in [1.54, 1.807) is 6.92 Å². The molecule has 0 spiro atoms. The molecule has 1 aromatic carbocycles. The standard InChI is InChI=1S/C10H7F4N/c1-2-6-3-4-7(5-15)8(9(6)11)10(12,13)14/h3-4H,2H2,1H3. The van der Waals surface area contributed by atoms with Crippen molar-refractivity contribution in [1.29, 1.82) is 5.26 Å². The molecular formula is C10H7F4N. The van der Waals surface area contributed by atoms with E-state index in [2.05, 4.69) is 0 Å². The van der Waals surface area contributed by atoms with Gasteiger partial charge in [-0.15, -0.1) is 0 Å². The highest BCUT2D eigenvalue weighted by molar-refractivity contribution is 5.43. The topological polar surface area (TPSA) is 23.8 Å². The number of aryl methyl sites for hydroxylation is 1. The van der Waals surface area contributed by atoms with Crippen molar-refractivity contribution in [3.8, 4) is 6.07 Å². The van der Waals surface area contributed by atoms with Crippen LogP contribution in [0.25, 0.3) is 0 Å². The van der Waals surface area contributed by atoms with E-state index in [9.17, 15) is 17.6 Å². The van der Waals surface area contributed by atoms with Crippen LogP contribution in [-0.2, 0) is 12.6 Å². The van der Waals surface area contributed by atoms with Crippen LogP contribution >= 0.6 is 0 Å². The summed E-state index contributed by atoms with van der Waals surface area (Å²) in [5.41, 5.74) is -2.19. The molecule has 0 fully saturated rings. The van der Waals surface area contributed by atoms with Crippen molar-refractivity contribution in [2.24, 2.45) is 0 Å².